The summed E-state index contributed by atoms with van der Waals surface area (Å²) in [7, 11) is 0. The normalized spacial score (nSPS) is 27.1. The molecule has 3 aliphatic rings. The third-order valence-corrected chi connectivity index (χ3v) is 8.11. The summed E-state index contributed by atoms with van der Waals surface area (Å²) in [5, 5.41) is 48.3. The van der Waals surface area contributed by atoms with Gasteiger partial charge in [0, 0.05) is 43.3 Å². The van der Waals surface area contributed by atoms with Crippen LogP contribution < -0.4 is 15.0 Å². The van der Waals surface area contributed by atoms with Crippen LogP contribution in [0.15, 0.2) is 42.6 Å². The second-order valence-electron chi connectivity index (χ2n) is 11.1. The second-order valence-corrected chi connectivity index (χ2v) is 11.1. The maximum atomic E-state index is 13.6. The molecule has 7 N–H and O–H groups in total. The molecular formula is C30H37FN4O9. The van der Waals surface area contributed by atoms with E-state index in [9.17, 15) is 14.0 Å². The third-order valence-electron chi connectivity index (χ3n) is 8.11. The molecule has 0 bridgehead atoms. The SMILES string of the molecule is CC1Oc2c(cccc2N2CCN(CCCc3c[nH]c4ccc(F)cc34)CC2)NC1=O.O=C(O)[C@H]1O[C@@H](O)[C@H](O)[C@@H](O)[C@@H]1O. The van der Waals surface area contributed by atoms with Gasteiger partial charge in [0.2, 0.25) is 0 Å². The quantitative estimate of drug-likeness (QED) is 0.206. The lowest BCUT2D eigenvalue weighted by Gasteiger charge is -2.38. The van der Waals surface area contributed by atoms with E-state index in [1.165, 1.54) is 11.6 Å². The summed E-state index contributed by atoms with van der Waals surface area (Å²) in [6.45, 7) is 6.59. The topological polar surface area (TPSA) is 188 Å². The zero-order chi connectivity index (χ0) is 31.5. The molecule has 6 rings (SSSR count). The van der Waals surface area contributed by atoms with Crippen LogP contribution in [0, 0.1) is 5.82 Å². The highest BCUT2D eigenvalue weighted by molar-refractivity contribution is 5.99. The van der Waals surface area contributed by atoms with Gasteiger partial charge in [-0.1, -0.05) is 6.07 Å². The number of carboxylic acids is 1. The summed E-state index contributed by atoms with van der Waals surface area (Å²) in [5.74, 6) is -1.04. The smallest absolute Gasteiger partial charge is 0.335 e. The number of aryl methyl sites for hydroxylation is 1. The molecule has 2 saturated heterocycles. The number of anilines is 2. The van der Waals surface area contributed by atoms with Crippen molar-refractivity contribution in [1.82, 2.24) is 9.88 Å². The molecule has 0 aliphatic carbocycles. The number of carbonyl (C=O) groups excluding carboxylic acids is 1. The Bertz CT molecular complexity index is 1480. The van der Waals surface area contributed by atoms with Crippen LogP contribution in [-0.2, 0) is 20.7 Å². The number of fused-ring (bicyclic) bond motifs is 2. The van der Waals surface area contributed by atoms with Crippen molar-refractivity contribution < 1.29 is 49.0 Å². The zero-order valence-electron chi connectivity index (χ0n) is 24.1. The average Bonchev–Trinajstić information content (AvgIpc) is 3.40. The predicted molar refractivity (Wildman–Crippen MR) is 157 cm³/mol. The highest BCUT2D eigenvalue weighted by Crippen LogP contribution is 2.39. The minimum Gasteiger partial charge on any atom is -0.479 e. The largest absolute Gasteiger partial charge is 0.479 e. The Kier molecular flexibility index (Phi) is 9.68. The fraction of sp³-hybridized carbons (Fsp3) is 0.467. The highest BCUT2D eigenvalue weighted by Gasteiger charge is 2.46. The molecule has 13 nitrogen and oxygen atoms in total. The van der Waals surface area contributed by atoms with E-state index in [1.54, 1.807) is 19.1 Å². The summed E-state index contributed by atoms with van der Waals surface area (Å²) >= 11 is 0. The maximum Gasteiger partial charge on any atom is 0.335 e. The Morgan fingerprint density at radius 2 is 1.80 bits per heavy atom. The van der Waals surface area contributed by atoms with Gasteiger partial charge in [-0.25, -0.2) is 9.18 Å². The molecule has 2 fully saturated rings. The van der Waals surface area contributed by atoms with Crippen molar-refractivity contribution in [2.45, 2.75) is 56.6 Å². The first-order chi connectivity index (χ1) is 21.0. The van der Waals surface area contributed by atoms with Crippen molar-refractivity contribution in [2.24, 2.45) is 0 Å². The number of carbonyl (C=O) groups is 2. The Morgan fingerprint density at radius 3 is 2.52 bits per heavy atom. The van der Waals surface area contributed by atoms with Crippen molar-refractivity contribution in [3.8, 4) is 5.75 Å². The summed E-state index contributed by atoms with van der Waals surface area (Å²) in [6, 6.07) is 10.8. The van der Waals surface area contributed by atoms with Gasteiger partial charge < -0.3 is 50.2 Å². The molecule has 2 aromatic carbocycles. The van der Waals surface area contributed by atoms with E-state index in [0.717, 1.165) is 73.6 Å². The number of rotatable bonds is 6. The number of aromatic amines is 1. The van der Waals surface area contributed by atoms with Crippen molar-refractivity contribution in [3.63, 3.8) is 0 Å². The fourth-order valence-electron chi connectivity index (χ4n) is 5.59. The molecule has 4 heterocycles. The Hall–Kier alpha value is -3.79. The van der Waals surface area contributed by atoms with Crippen molar-refractivity contribution >= 4 is 34.2 Å². The number of nitrogens with zero attached hydrogens (tertiary/aromatic N) is 2. The molecule has 1 aromatic heterocycles. The van der Waals surface area contributed by atoms with Crippen LogP contribution in [0.1, 0.15) is 18.9 Å². The van der Waals surface area contributed by atoms with Crippen LogP contribution in [0.2, 0.25) is 0 Å². The molecule has 0 saturated carbocycles. The van der Waals surface area contributed by atoms with Crippen LogP contribution in [0.3, 0.4) is 0 Å². The first-order valence-corrected chi connectivity index (χ1v) is 14.5. The number of H-pyrrole nitrogens is 1. The third kappa shape index (κ3) is 6.80. The summed E-state index contributed by atoms with van der Waals surface area (Å²) in [5.41, 5.74) is 3.96. The molecule has 0 spiro atoms. The van der Waals surface area contributed by atoms with Gasteiger partial charge in [-0.2, -0.15) is 0 Å². The number of benzene rings is 2. The first-order valence-electron chi connectivity index (χ1n) is 14.5. The highest BCUT2D eigenvalue weighted by atomic mass is 19.1. The number of amides is 1. The van der Waals surface area contributed by atoms with Gasteiger partial charge in [0.25, 0.3) is 5.91 Å². The molecule has 3 aliphatic heterocycles. The van der Waals surface area contributed by atoms with Gasteiger partial charge in [0.05, 0.1) is 11.4 Å². The number of hydrogen-bond donors (Lipinski definition) is 7. The number of nitrogens with one attached hydrogen (secondary N) is 2. The van der Waals surface area contributed by atoms with Crippen molar-refractivity contribution in [1.29, 1.82) is 0 Å². The van der Waals surface area contributed by atoms with Crippen LogP contribution in [0.5, 0.6) is 5.75 Å². The molecule has 6 atom stereocenters. The number of halogens is 1. The van der Waals surface area contributed by atoms with Gasteiger partial charge in [0.15, 0.2) is 24.2 Å². The van der Waals surface area contributed by atoms with Crippen LogP contribution in [-0.4, -0.2) is 117 Å². The predicted octanol–water partition coefficient (Wildman–Crippen LogP) is 0.652. The second kappa shape index (κ2) is 13.5. The molecule has 14 heteroatoms. The molecule has 238 valence electrons. The van der Waals surface area contributed by atoms with E-state index in [2.05, 4.69) is 30.9 Å². The van der Waals surface area contributed by atoms with E-state index in [1.807, 2.05) is 18.3 Å². The lowest BCUT2D eigenvalue weighted by molar-refractivity contribution is -0.279. The van der Waals surface area contributed by atoms with E-state index in [-0.39, 0.29) is 11.7 Å². The van der Waals surface area contributed by atoms with E-state index >= 15 is 0 Å². The standard InChI is InChI=1S/C24H27FN4O2.C6H10O7/c1-16-24(30)27-21-5-2-6-22(23(21)31-16)29-12-10-28(11-13-29)9-3-4-17-15-26-20-8-7-18(25)14-19(17)20;7-1-2(8)4(5(10)11)13-6(12)3(1)9/h2,5-8,14-16,26H,3-4,9-13H2,1H3,(H,27,30);1-4,6-9,12H,(H,10,11)/t;1-,2-,3+,4-,6+/m.0/s1. The lowest BCUT2D eigenvalue weighted by atomic mass is 9.99. The van der Waals surface area contributed by atoms with Crippen LogP contribution in [0.25, 0.3) is 10.9 Å². The molecule has 44 heavy (non-hydrogen) atoms. The fourth-order valence-corrected chi connectivity index (χ4v) is 5.59. The molecule has 0 radical (unpaired) electrons. The van der Waals surface area contributed by atoms with Crippen LogP contribution >= 0.6 is 0 Å². The maximum absolute atomic E-state index is 13.6. The van der Waals surface area contributed by atoms with Gasteiger partial charge in [-0.05, 0) is 62.2 Å². The van der Waals surface area contributed by atoms with Gasteiger partial charge >= 0.3 is 5.97 Å². The summed E-state index contributed by atoms with van der Waals surface area (Å²) in [6.07, 6.45) is -5.23. The van der Waals surface area contributed by atoms with Gasteiger partial charge in [-0.15, -0.1) is 0 Å². The minimum absolute atomic E-state index is 0.104. The van der Waals surface area contributed by atoms with Crippen molar-refractivity contribution in [2.75, 3.05) is 42.9 Å². The van der Waals surface area contributed by atoms with E-state index in [4.69, 9.17) is 30.3 Å². The van der Waals surface area contributed by atoms with Gasteiger partial charge in [0.1, 0.15) is 24.1 Å². The number of aliphatic hydroxyl groups is 4. The molecule has 1 unspecified atom stereocenters. The number of aromatic nitrogens is 1. The Labute approximate surface area is 252 Å². The molecular weight excluding hydrogens is 579 g/mol. The Morgan fingerprint density at radius 1 is 1.05 bits per heavy atom. The monoisotopic (exact) mass is 616 g/mol. The van der Waals surface area contributed by atoms with E-state index < -0.39 is 42.8 Å². The summed E-state index contributed by atoms with van der Waals surface area (Å²) < 4.78 is 23.8. The number of piperazine rings is 1. The first kappa shape index (κ1) is 31.6. The van der Waals surface area contributed by atoms with Crippen molar-refractivity contribution in [3.05, 3.63) is 54.0 Å². The van der Waals surface area contributed by atoms with Crippen LogP contribution in [0.4, 0.5) is 15.8 Å². The number of carboxylic acid groups (broad SMARTS) is 1. The molecule has 3 aromatic rings. The lowest BCUT2D eigenvalue weighted by Crippen LogP contribution is -2.59. The Balaban J connectivity index is 0.000000249. The summed E-state index contributed by atoms with van der Waals surface area (Å²) in [4.78, 5) is 30.3. The number of aliphatic carboxylic acids is 1. The van der Waals surface area contributed by atoms with E-state index in [0.29, 0.717) is 0 Å². The number of ether oxygens (including phenoxy) is 2. The number of hydrogen-bond acceptors (Lipinski definition) is 10. The average molecular weight is 617 g/mol. The molecule has 1 amide bonds. The van der Waals surface area contributed by atoms with Gasteiger partial charge in [-0.3, -0.25) is 9.69 Å². The number of para-hydroxylation sites is 1. The minimum atomic E-state index is -1.81. The number of aliphatic hydroxyl groups excluding tert-OH is 4. The zero-order valence-corrected chi connectivity index (χ0v) is 24.1.